The second kappa shape index (κ2) is 7.25. The molecule has 2 N–H and O–H groups in total. The Morgan fingerprint density at radius 3 is 2.30 bits per heavy atom. The molecule has 0 aliphatic heterocycles. The van der Waals surface area contributed by atoms with Gasteiger partial charge < -0.3 is 5.73 Å². The van der Waals surface area contributed by atoms with Crippen LogP contribution in [-0.2, 0) is 6.42 Å². The van der Waals surface area contributed by atoms with Gasteiger partial charge in [0.05, 0.1) is 5.69 Å². The molecule has 0 fully saturated rings. The van der Waals surface area contributed by atoms with E-state index in [9.17, 15) is 0 Å². The van der Waals surface area contributed by atoms with Gasteiger partial charge in [0.2, 0.25) is 0 Å². The normalized spacial score (nSPS) is 10.2. The highest BCUT2D eigenvalue weighted by Crippen LogP contribution is 2.33. The molecule has 0 bridgehead atoms. The van der Waals surface area contributed by atoms with Crippen molar-refractivity contribution in [2.75, 3.05) is 5.73 Å². The first-order valence-electron chi connectivity index (χ1n) is 7.47. The van der Waals surface area contributed by atoms with E-state index >= 15 is 0 Å². The van der Waals surface area contributed by atoms with Crippen molar-refractivity contribution in [2.45, 2.75) is 20.3 Å². The Kier molecular flexibility index (Phi) is 5.35. The predicted octanol–water partition coefficient (Wildman–Crippen LogP) is 4.69. The van der Waals surface area contributed by atoms with Crippen LogP contribution in [0.3, 0.4) is 0 Å². The molecule has 3 nitrogen and oxygen atoms in total. The Labute approximate surface area is 143 Å². The molecule has 118 valence electrons. The SMILES string of the molecule is CCc1nc(N)ccc1-c1ccccc1-c1ccc(C)nc1.Cl. The molecule has 4 heteroatoms. The topological polar surface area (TPSA) is 51.8 Å². The lowest BCUT2D eigenvalue weighted by Gasteiger charge is -2.13. The molecular weight excluding hydrogens is 306 g/mol. The van der Waals surface area contributed by atoms with Crippen molar-refractivity contribution < 1.29 is 0 Å². The Hall–Kier alpha value is -2.39. The number of halogens is 1. The van der Waals surface area contributed by atoms with Crippen molar-refractivity contribution in [3.8, 4) is 22.3 Å². The summed E-state index contributed by atoms with van der Waals surface area (Å²) in [6, 6.07) is 16.4. The number of nitrogens with zero attached hydrogens (tertiary/aromatic N) is 2. The largest absolute Gasteiger partial charge is 0.384 e. The molecule has 0 aliphatic carbocycles. The van der Waals surface area contributed by atoms with E-state index in [4.69, 9.17) is 5.73 Å². The van der Waals surface area contributed by atoms with Crippen molar-refractivity contribution >= 4 is 18.2 Å². The number of nitrogens with two attached hydrogens (primary N) is 1. The van der Waals surface area contributed by atoms with E-state index in [-0.39, 0.29) is 12.4 Å². The van der Waals surface area contributed by atoms with Gasteiger partial charge in [0.1, 0.15) is 5.82 Å². The van der Waals surface area contributed by atoms with Crippen LogP contribution in [0.4, 0.5) is 5.82 Å². The molecule has 0 atom stereocenters. The Morgan fingerprint density at radius 1 is 0.913 bits per heavy atom. The van der Waals surface area contributed by atoms with Crippen LogP contribution in [-0.4, -0.2) is 9.97 Å². The third kappa shape index (κ3) is 3.51. The zero-order valence-corrected chi connectivity index (χ0v) is 14.1. The van der Waals surface area contributed by atoms with Gasteiger partial charge in [-0.25, -0.2) is 4.98 Å². The summed E-state index contributed by atoms with van der Waals surface area (Å²) in [5.74, 6) is 0.565. The molecule has 0 unspecified atom stereocenters. The number of rotatable bonds is 3. The third-order valence-corrected chi connectivity index (χ3v) is 3.77. The fraction of sp³-hybridized carbons (Fsp3) is 0.158. The number of hydrogen-bond donors (Lipinski definition) is 1. The number of aryl methyl sites for hydroxylation is 2. The molecule has 3 aromatic rings. The molecule has 0 spiro atoms. The summed E-state index contributed by atoms with van der Waals surface area (Å²) in [5, 5.41) is 0. The first kappa shape index (κ1) is 17.0. The highest BCUT2D eigenvalue weighted by atomic mass is 35.5. The monoisotopic (exact) mass is 325 g/mol. The second-order valence-electron chi connectivity index (χ2n) is 5.32. The van der Waals surface area contributed by atoms with Crippen molar-refractivity contribution in [3.05, 3.63) is 66.1 Å². The fourth-order valence-corrected chi connectivity index (χ4v) is 2.63. The summed E-state index contributed by atoms with van der Waals surface area (Å²) in [6.45, 7) is 4.09. The first-order chi connectivity index (χ1) is 10.7. The highest BCUT2D eigenvalue weighted by molar-refractivity contribution is 5.85. The minimum Gasteiger partial charge on any atom is -0.384 e. The van der Waals surface area contributed by atoms with Crippen molar-refractivity contribution in [2.24, 2.45) is 0 Å². The fourth-order valence-electron chi connectivity index (χ4n) is 2.63. The van der Waals surface area contributed by atoms with Crippen molar-refractivity contribution in [1.29, 1.82) is 0 Å². The van der Waals surface area contributed by atoms with Crippen LogP contribution in [0.1, 0.15) is 18.3 Å². The van der Waals surface area contributed by atoms with Crippen LogP contribution >= 0.6 is 12.4 Å². The molecule has 3 rings (SSSR count). The van der Waals surface area contributed by atoms with Gasteiger partial charge in [-0.1, -0.05) is 37.3 Å². The average Bonchev–Trinajstić information content (AvgIpc) is 2.55. The van der Waals surface area contributed by atoms with Crippen LogP contribution in [0.15, 0.2) is 54.7 Å². The van der Waals surface area contributed by atoms with Gasteiger partial charge in [-0.3, -0.25) is 4.98 Å². The molecule has 0 amide bonds. The molecule has 2 aromatic heterocycles. The van der Waals surface area contributed by atoms with E-state index in [0.29, 0.717) is 5.82 Å². The number of aromatic nitrogens is 2. The quantitative estimate of drug-likeness (QED) is 0.760. The van der Waals surface area contributed by atoms with Crippen LogP contribution in [0.25, 0.3) is 22.3 Å². The van der Waals surface area contributed by atoms with E-state index in [2.05, 4.69) is 53.3 Å². The molecular formula is C19H20ClN3. The predicted molar refractivity (Wildman–Crippen MR) is 98.7 cm³/mol. The Morgan fingerprint density at radius 2 is 1.65 bits per heavy atom. The van der Waals surface area contributed by atoms with Crippen LogP contribution < -0.4 is 5.73 Å². The van der Waals surface area contributed by atoms with Gasteiger partial charge in [0.15, 0.2) is 0 Å². The molecule has 23 heavy (non-hydrogen) atoms. The summed E-state index contributed by atoms with van der Waals surface area (Å²) < 4.78 is 0. The summed E-state index contributed by atoms with van der Waals surface area (Å²) in [7, 11) is 0. The van der Waals surface area contributed by atoms with E-state index in [1.807, 2.05) is 25.3 Å². The van der Waals surface area contributed by atoms with E-state index in [0.717, 1.165) is 40.1 Å². The molecule has 1 aromatic carbocycles. The molecule has 0 saturated heterocycles. The van der Waals surface area contributed by atoms with Crippen molar-refractivity contribution in [1.82, 2.24) is 9.97 Å². The maximum absolute atomic E-state index is 5.83. The van der Waals surface area contributed by atoms with Gasteiger partial charge in [-0.15, -0.1) is 12.4 Å². The van der Waals surface area contributed by atoms with E-state index < -0.39 is 0 Å². The van der Waals surface area contributed by atoms with Gasteiger partial charge in [-0.2, -0.15) is 0 Å². The molecule has 0 radical (unpaired) electrons. The maximum atomic E-state index is 5.83. The van der Waals surface area contributed by atoms with E-state index in [1.54, 1.807) is 0 Å². The summed E-state index contributed by atoms with van der Waals surface area (Å²) in [5.41, 5.74) is 12.4. The zero-order chi connectivity index (χ0) is 15.5. The first-order valence-corrected chi connectivity index (χ1v) is 7.47. The number of anilines is 1. The van der Waals surface area contributed by atoms with E-state index in [1.165, 1.54) is 0 Å². The van der Waals surface area contributed by atoms with Crippen LogP contribution in [0.5, 0.6) is 0 Å². The Balaban J connectivity index is 0.00000192. The minimum atomic E-state index is 0. The zero-order valence-electron chi connectivity index (χ0n) is 13.3. The lowest BCUT2D eigenvalue weighted by atomic mass is 9.94. The lowest BCUT2D eigenvalue weighted by molar-refractivity contribution is 1.04. The van der Waals surface area contributed by atoms with Crippen molar-refractivity contribution in [3.63, 3.8) is 0 Å². The standard InChI is InChI=1S/C19H19N3.ClH/c1-3-18-17(10-11-19(20)22-18)16-7-5-4-6-15(16)14-9-8-13(2)21-12-14;/h4-12H,3H2,1-2H3,(H2,20,22);1H. The number of pyridine rings is 2. The van der Waals surface area contributed by atoms with Gasteiger partial charge in [0.25, 0.3) is 0 Å². The summed E-state index contributed by atoms with van der Waals surface area (Å²) in [6.07, 6.45) is 2.77. The summed E-state index contributed by atoms with van der Waals surface area (Å²) in [4.78, 5) is 8.89. The molecule has 2 heterocycles. The van der Waals surface area contributed by atoms with Gasteiger partial charge in [0, 0.05) is 23.0 Å². The number of hydrogen-bond acceptors (Lipinski definition) is 3. The Bertz CT molecular complexity index is 798. The third-order valence-electron chi connectivity index (χ3n) is 3.77. The highest BCUT2D eigenvalue weighted by Gasteiger charge is 2.11. The minimum absolute atomic E-state index is 0. The van der Waals surface area contributed by atoms with Crippen LogP contribution in [0.2, 0.25) is 0 Å². The molecule has 0 saturated carbocycles. The molecule has 0 aliphatic rings. The summed E-state index contributed by atoms with van der Waals surface area (Å²) >= 11 is 0. The van der Waals surface area contributed by atoms with Crippen LogP contribution in [0, 0.1) is 6.92 Å². The average molecular weight is 326 g/mol. The maximum Gasteiger partial charge on any atom is 0.123 e. The lowest BCUT2D eigenvalue weighted by Crippen LogP contribution is -1.98. The van der Waals surface area contributed by atoms with Gasteiger partial charge in [-0.05, 0) is 42.7 Å². The number of nitrogen functional groups attached to an aromatic ring is 1. The second-order valence-corrected chi connectivity index (χ2v) is 5.32. The van der Waals surface area contributed by atoms with Gasteiger partial charge >= 0.3 is 0 Å². The number of benzene rings is 1. The smallest absolute Gasteiger partial charge is 0.123 e.